The Morgan fingerprint density at radius 2 is 1.74 bits per heavy atom. The number of carbonyl (C=O) groups excluding carboxylic acids is 3. The molecular weight excluding hydrogens is 346 g/mol. The summed E-state index contributed by atoms with van der Waals surface area (Å²) < 4.78 is 12.6. The molecular formula is C21H23NO5. The van der Waals surface area contributed by atoms with Crippen molar-refractivity contribution >= 4 is 17.5 Å². The minimum atomic E-state index is -0.616. The van der Waals surface area contributed by atoms with E-state index in [1.54, 1.807) is 24.3 Å². The van der Waals surface area contributed by atoms with E-state index in [1.807, 2.05) is 19.9 Å². The van der Waals surface area contributed by atoms with Gasteiger partial charge in [-0.3, -0.25) is 9.59 Å². The van der Waals surface area contributed by atoms with Gasteiger partial charge in [0.05, 0.1) is 0 Å². The van der Waals surface area contributed by atoms with Gasteiger partial charge in [-0.2, -0.15) is 0 Å². The largest absolute Gasteiger partial charge is 0.482 e. The number of esters is 1. The number of carbonyl (C=O) groups is 3. The van der Waals surface area contributed by atoms with Gasteiger partial charge < -0.3 is 14.0 Å². The lowest BCUT2D eigenvalue weighted by Crippen LogP contribution is -2.19. The highest BCUT2D eigenvalue weighted by molar-refractivity contribution is 5.99. The van der Waals surface area contributed by atoms with E-state index in [0.717, 1.165) is 24.2 Å². The van der Waals surface area contributed by atoms with Crippen molar-refractivity contribution in [2.24, 2.45) is 0 Å². The second-order valence-electron chi connectivity index (χ2n) is 6.84. The molecule has 6 heteroatoms. The molecule has 6 nitrogen and oxygen atoms in total. The Balaban J connectivity index is 1.49. The van der Waals surface area contributed by atoms with Crippen molar-refractivity contribution in [1.29, 1.82) is 0 Å². The van der Waals surface area contributed by atoms with Crippen LogP contribution in [0.4, 0.5) is 0 Å². The molecule has 0 atom stereocenters. The second kappa shape index (κ2) is 7.78. The van der Waals surface area contributed by atoms with E-state index in [4.69, 9.17) is 9.47 Å². The molecule has 0 radical (unpaired) electrons. The predicted octanol–water partition coefficient (Wildman–Crippen LogP) is 3.45. The van der Waals surface area contributed by atoms with Crippen LogP contribution < -0.4 is 4.74 Å². The van der Waals surface area contributed by atoms with E-state index in [2.05, 4.69) is 4.57 Å². The lowest BCUT2D eigenvalue weighted by Gasteiger charge is -2.08. The molecule has 1 heterocycles. The number of Topliss-reactive ketones (excluding diaryl/α,β-unsaturated/α-hetero) is 2. The van der Waals surface area contributed by atoms with E-state index < -0.39 is 5.97 Å². The fraction of sp³-hybridized carbons (Fsp3) is 0.381. The van der Waals surface area contributed by atoms with Crippen molar-refractivity contribution in [1.82, 2.24) is 4.57 Å². The normalized spacial score (nSPS) is 13.3. The Morgan fingerprint density at radius 1 is 1.07 bits per heavy atom. The molecule has 2 aromatic rings. The Morgan fingerprint density at radius 3 is 2.33 bits per heavy atom. The number of benzene rings is 1. The molecule has 142 valence electrons. The van der Waals surface area contributed by atoms with Gasteiger partial charge in [0, 0.05) is 28.6 Å². The van der Waals surface area contributed by atoms with E-state index in [0.29, 0.717) is 22.9 Å². The van der Waals surface area contributed by atoms with E-state index in [-0.39, 0.29) is 24.8 Å². The Bertz CT molecular complexity index is 875. The average molecular weight is 369 g/mol. The lowest BCUT2D eigenvalue weighted by molar-refractivity contribution is -0.144. The molecule has 0 unspecified atom stereocenters. The summed E-state index contributed by atoms with van der Waals surface area (Å²) in [5.41, 5.74) is 3.16. The highest BCUT2D eigenvalue weighted by atomic mass is 16.6. The molecule has 0 aliphatic heterocycles. The Kier molecular flexibility index (Phi) is 5.44. The number of hydrogen-bond donors (Lipinski definition) is 0. The molecule has 3 rings (SSSR count). The molecule has 0 spiro atoms. The smallest absolute Gasteiger partial charge is 0.344 e. The summed E-state index contributed by atoms with van der Waals surface area (Å²) in [5.74, 6) is -0.416. The predicted molar refractivity (Wildman–Crippen MR) is 99.4 cm³/mol. The summed E-state index contributed by atoms with van der Waals surface area (Å²) in [4.78, 5) is 35.5. The molecule has 27 heavy (non-hydrogen) atoms. The first-order valence-electron chi connectivity index (χ1n) is 8.98. The number of rotatable bonds is 8. The van der Waals surface area contributed by atoms with Crippen LogP contribution in [0.15, 0.2) is 30.3 Å². The molecule has 0 saturated heterocycles. The monoisotopic (exact) mass is 369 g/mol. The van der Waals surface area contributed by atoms with Crippen LogP contribution in [0.5, 0.6) is 5.75 Å². The van der Waals surface area contributed by atoms with Gasteiger partial charge in [-0.05, 0) is 63.9 Å². The van der Waals surface area contributed by atoms with Gasteiger partial charge in [0.25, 0.3) is 0 Å². The van der Waals surface area contributed by atoms with Crippen molar-refractivity contribution in [2.45, 2.75) is 39.7 Å². The van der Waals surface area contributed by atoms with Gasteiger partial charge in [0.1, 0.15) is 5.75 Å². The SMILES string of the molecule is CC(=O)c1ccc(OCC(=O)OCC(=O)c2cc(C)n(C3CC3)c2C)cc1. The van der Waals surface area contributed by atoms with Crippen LogP contribution in [0.1, 0.15) is 57.9 Å². The zero-order valence-corrected chi connectivity index (χ0v) is 15.8. The summed E-state index contributed by atoms with van der Waals surface area (Å²) in [7, 11) is 0. The maximum atomic E-state index is 12.4. The average Bonchev–Trinajstić information content (AvgIpc) is 3.43. The first-order chi connectivity index (χ1) is 12.9. The van der Waals surface area contributed by atoms with Gasteiger partial charge in [-0.1, -0.05) is 0 Å². The zero-order chi connectivity index (χ0) is 19.6. The van der Waals surface area contributed by atoms with Gasteiger partial charge in [-0.15, -0.1) is 0 Å². The minimum Gasteiger partial charge on any atom is -0.482 e. The highest BCUT2D eigenvalue weighted by Crippen LogP contribution is 2.38. The van der Waals surface area contributed by atoms with Gasteiger partial charge in [0.2, 0.25) is 5.78 Å². The van der Waals surface area contributed by atoms with Crippen LogP contribution in [-0.2, 0) is 9.53 Å². The summed E-state index contributed by atoms with van der Waals surface area (Å²) >= 11 is 0. The Labute approximate surface area is 158 Å². The fourth-order valence-corrected chi connectivity index (χ4v) is 3.15. The standard InChI is InChI=1S/C21H23NO5/c1-13-10-19(14(2)22(13)17-6-7-17)20(24)11-27-21(25)12-26-18-8-4-16(5-9-18)15(3)23/h4-5,8-10,17H,6-7,11-12H2,1-3H3. The van der Waals surface area contributed by atoms with Crippen LogP contribution in [0.3, 0.4) is 0 Å². The van der Waals surface area contributed by atoms with E-state index >= 15 is 0 Å². The van der Waals surface area contributed by atoms with E-state index in [9.17, 15) is 14.4 Å². The minimum absolute atomic E-state index is 0.0412. The molecule has 0 amide bonds. The number of ketones is 2. The summed E-state index contributed by atoms with van der Waals surface area (Å²) in [6.07, 6.45) is 2.29. The summed E-state index contributed by atoms with van der Waals surface area (Å²) in [5, 5.41) is 0. The fourth-order valence-electron chi connectivity index (χ4n) is 3.15. The molecule has 0 N–H and O–H groups in total. The van der Waals surface area contributed by atoms with Crippen LogP contribution in [0, 0.1) is 13.8 Å². The molecule has 1 fully saturated rings. The number of nitrogens with zero attached hydrogens (tertiary/aromatic N) is 1. The van der Waals surface area contributed by atoms with Gasteiger partial charge >= 0.3 is 5.97 Å². The third-order valence-electron chi connectivity index (χ3n) is 4.68. The lowest BCUT2D eigenvalue weighted by atomic mass is 10.1. The van der Waals surface area contributed by atoms with Crippen molar-refractivity contribution in [3.8, 4) is 5.75 Å². The topological polar surface area (TPSA) is 74.6 Å². The molecule has 0 bridgehead atoms. The summed E-state index contributed by atoms with van der Waals surface area (Å²) in [6.45, 7) is 4.79. The first kappa shape index (κ1) is 18.9. The van der Waals surface area contributed by atoms with Crippen molar-refractivity contribution in [2.75, 3.05) is 13.2 Å². The molecule has 1 aromatic heterocycles. The van der Waals surface area contributed by atoms with Gasteiger partial charge in [0.15, 0.2) is 19.0 Å². The third kappa shape index (κ3) is 4.45. The van der Waals surface area contributed by atoms with Gasteiger partial charge in [-0.25, -0.2) is 4.79 Å². The number of aromatic nitrogens is 1. The second-order valence-corrected chi connectivity index (χ2v) is 6.84. The quantitative estimate of drug-likeness (QED) is 0.526. The third-order valence-corrected chi connectivity index (χ3v) is 4.68. The summed E-state index contributed by atoms with van der Waals surface area (Å²) in [6, 6.07) is 8.84. The number of hydrogen-bond acceptors (Lipinski definition) is 5. The maximum absolute atomic E-state index is 12.4. The first-order valence-corrected chi connectivity index (χ1v) is 8.98. The van der Waals surface area contributed by atoms with Crippen LogP contribution in [0.25, 0.3) is 0 Å². The Hall–Kier alpha value is -2.89. The van der Waals surface area contributed by atoms with Crippen LogP contribution in [0.2, 0.25) is 0 Å². The van der Waals surface area contributed by atoms with Crippen molar-refractivity contribution in [3.05, 3.63) is 52.8 Å². The maximum Gasteiger partial charge on any atom is 0.344 e. The number of ether oxygens (including phenoxy) is 2. The van der Waals surface area contributed by atoms with Crippen molar-refractivity contribution < 1.29 is 23.9 Å². The van der Waals surface area contributed by atoms with E-state index in [1.165, 1.54) is 6.92 Å². The molecule has 1 aliphatic rings. The molecule has 1 saturated carbocycles. The zero-order valence-electron chi connectivity index (χ0n) is 15.8. The number of aryl methyl sites for hydroxylation is 1. The molecule has 1 aromatic carbocycles. The highest BCUT2D eigenvalue weighted by Gasteiger charge is 2.28. The molecule has 1 aliphatic carbocycles. The van der Waals surface area contributed by atoms with Crippen LogP contribution >= 0.6 is 0 Å². The van der Waals surface area contributed by atoms with Crippen LogP contribution in [-0.4, -0.2) is 35.3 Å². The van der Waals surface area contributed by atoms with Crippen molar-refractivity contribution in [3.63, 3.8) is 0 Å².